The molecule has 3 aromatic rings. The molecule has 4 heterocycles. The van der Waals surface area contributed by atoms with Crippen LogP contribution in [0.4, 0.5) is 11.6 Å². The third-order valence-corrected chi connectivity index (χ3v) is 4.25. The van der Waals surface area contributed by atoms with Crippen molar-refractivity contribution in [2.24, 2.45) is 0 Å². The number of nitrogens with one attached hydrogen (secondary N) is 3. The van der Waals surface area contributed by atoms with E-state index >= 15 is 0 Å². The molecule has 0 aromatic carbocycles. The quantitative estimate of drug-likeness (QED) is 0.659. The van der Waals surface area contributed by atoms with Crippen molar-refractivity contribution in [3.05, 3.63) is 54.0 Å². The Kier molecular flexibility index (Phi) is 4.21. The van der Waals surface area contributed by atoms with Crippen LogP contribution in [-0.2, 0) is 0 Å². The van der Waals surface area contributed by atoms with E-state index in [1.54, 1.807) is 47.3 Å². The number of amides is 1. The van der Waals surface area contributed by atoms with Crippen LogP contribution in [-0.4, -0.2) is 39.4 Å². The molecule has 0 spiro atoms. The Labute approximate surface area is 149 Å². The fraction of sp³-hybridized carbons (Fsp3) is 0.222. The maximum Gasteiger partial charge on any atom is 0.251 e. The summed E-state index contributed by atoms with van der Waals surface area (Å²) in [5, 5.41) is 18.3. The van der Waals surface area contributed by atoms with E-state index in [-0.39, 0.29) is 11.9 Å². The highest BCUT2D eigenvalue weighted by atomic mass is 16.1. The summed E-state index contributed by atoms with van der Waals surface area (Å²) in [6.07, 6.45) is 6.01. The number of fused-ring (bicyclic) bond motifs is 1. The molecule has 0 aliphatic carbocycles. The summed E-state index contributed by atoms with van der Waals surface area (Å²) >= 11 is 0. The smallest absolute Gasteiger partial charge is 0.251 e. The van der Waals surface area contributed by atoms with Gasteiger partial charge in [-0.3, -0.25) is 4.79 Å². The SMILES string of the molecule is N#Cc1ccc2nc(Nc3cc(C(=O)NC4CCNC4)ccn3)cn2c1. The molecule has 1 atom stereocenters. The number of hydrogen-bond acceptors (Lipinski definition) is 6. The molecule has 8 heteroatoms. The van der Waals surface area contributed by atoms with E-state index in [1.807, 2.05) is 0 Å². The van der Waals surface area contributed by atoms with Crippen molar-refractivity contribution in [2.45, 2.75) is 12.5 Å². The van der Waals surface area contributed by atoms with Gasteiger partial charge in [-0.15, -0.1) is 0 Å². The average Bonchev–Trinajstić information content (AvgIpc) is 3.30. The zero-order valence-corrected chi connectivity index (χ0v) is 13.9. The number of nitriles is 1. The first-order valence-corrected chi connectivity index (χ1v) is 8.35. The van der Waals surface area contributed by atoms with E-state index in [0.29, 0.717) is 28.4 Å². The topological polar surface area (TPSA) is 107 Å². The van der Waals surface area contributed by atoms with Gasteiger partial charge in [0.25, 0.3) is 5.91 Å². The Morgan fingerprint density at radius 1 is 1.31 bits per heavy atom. The van der Waals surface area contributed by atoms with Gasteiger partial charge in [0, 0.05) is 30.5 Å². The summed E-state index contributed by atoms with van der Waals surface area (Å²) in [6.45, 7) is 1.73. The normalized spacial score (nSPS) is 16.3. The summed E-state index contributed by atoms with van der Waals surface area (Å²) in [5.74, 6) is 1.01. The molecule has 0 bridgehead atoms. The first kappa shape index (κ1) is 16.1. The van der Waals surface area contributed by atoms with E-state index < -0.39 is 0 Å². The van der Waals surface area contributed by atoms with E-state index in [0.717, 1.165) is 19.5 Å². The highest BCUT2D eigenvalue weighted by molar-refractivity contribution is 5.95. The van der Waals surface area contributed by atoms with Gasteiger partial charge in [-0.2, -0.15) is 5.26 Å². The van der Waals surface area contributed by atoms with Crippen molar-refractivity contribution < 1.29 is 4.79 Å². The van der Waals surface area contributed by atoms with Crippen LogP contribution in [0, 0.1) is 11.3 Å². The molecule has 1 aliphatic rings. The number of nitrogens with zero attached hydrogens (tertiary/aromatic N) is 4. The second-order valence-electron chi connectivity index (χ2n) is 6.14. The highest BCUT2D eigenvalue weighted by Crippen LogP contribution is 2.16. The fourth-order valence-corrected chi connectivity index (χ4v) is 2.94. The Hall–Kier alpha value is -3.44. The van der Waals surface area contributed by atoms with Crippen LogP contribution >= 0.6 is 0 Å². The van der Waals surface area contributed by atoms with E-state index in [2.05, 4.69) is 32.0 Å². The Balaban J connectivity index is 1.51. The Bertz CT molecular complexity index is 998. The largest absolute Gasteiger partial charge is 0.348 e. The second kappa shape index (κ2) is 6.82. The van der Waals surface area contributed by atoms with Crippen LogP contribution < -0.4 is 16.0 Å². The molecule has 3 N–H and O–H groups in total. The summed E-state index contributed by atoms with van der Waals surface area (Å²) in [6, 6.07) is 9.14. The maximum atomic E-state index is 12.4. The third-order valence-electron chi connectivity index (χ3n) is 4.25. The van der Waals surface area contributed by atoms with Crippen molar-refractivity contribution in [2.75, 3.05) is 18.4 Å². The lowest BCUT2D eigenvalue weighted by molar-refractivity contribution is 0.0940. The van der Waals surface area contributed by atoms with Gasteiger partial charge in [-0.25, -0.2) is 9.97 Å². The minimum Gasteiger partial charge on any atom is -0.348 e. The second-order valence-corrected chi connectivity index (χ2v) is 6.14. The van der Waals surface area contributed by atoms with Crippen molar-refractivity contribution in [1.29, 1.82) is 5.26 Å². The van der Waals surface area contributed by atoms with Crippen molar-refractivity contribution in [3.8, 4) is 6.07 Å². The molecule has 130 valence electrons. The Morgan fingerprint density at radius 3 is 3.04 bits per heavy atom. The van der Waals surface area contributed by atoms with E-state index in [4.69, 9.17) is 5.26 Å². The number of carbonyl (C=O) groups is 1. The predicted molar refractivity (Wildman–Crippen MR) is 96.2 cm³/mol. The van der Waals surface area contributed by atoms with Gasteiger partial charge in [0.2, 0.25) is 0 Å². The maximum absolute atomic E-state index is 12.4. The van der Waals surface area contributed by atoms with Gasteiger partial charge in [0.05, 0.1) is 11.8 Å². The summed E-state index contributed by atoms with van der Waals surface area (Å²) in [4.78, 5) is 21.1. The standard InChI is InChI=1S/C18H17N7O/c19-8-12-1-2-17-24-16(11-25(17)10-12)23-15-7-13(3-6-21-15)18(26)22-14-4-5-20-9-14/h1-3,6-7,10-11,14,20H,4-5,9H2,(H,21,23)(H,22,26). The molecule has 0 saturated carbocycles. The predicted octanol–water partition coefficient (Wildman–Crippen LogP) is 1.44. The lowest BCUT2D eigenvalue weighted by Gasteiger charge is -2.11. The zero-order valence-electron chi connectivity index (χ0n) is 13.9. The number of carbonyl (C=O) groups excluding carboxylic acids is 1. The molecule has 1 amide bonds. The minimum absolute atomic E-state index is 0.113. The van der Waals surface area contributed by atoms with E-state index in [1.165, 1.54) is 0 Å². The van der Waals surface area contributed by atoms with Crippen LogP contribution in [0.1, 0.15) is 22.3 Å². The molecule has 0 radical (unpaired) electrons. The van der Waals surface area contributed by atoms with Gasteiger partial charge >= 0.3 is 0 Å². The van der Waals surface area contributed by atoms with Gasteiger partial charge in [0.1, 0.15) is 17.5 Å². The zero-order chi connectivity index (χ0) is 17.9. The first-order chi connectivity index (χ1) is 12.7. The average molecular weight is 347 g/mol. The van der Waals surface area contributed by atoms with Gasteiger partial charge in [-0.1, -0.05) is 0 Å². The van der Waals surface area contributed by atoms with Crippen LogP contribution in [0.2, 0.25) is 0 Å². The van der Waals surface area contributed by atoms with Crippen molar-refractivity contribution in [1.82, 2.24) is 25.0 Å². The molecule has 4 rings (SSSR count). The monoisotopic (exact) mass is 347 g/mol. The van der Waals surface area contributed by atoms with E-state index in [9.17, 15) is 4.79 Å². The minimum atomic E-state index is -0.113. The Morgan fingerprint density at radius 2 is 2.23 bits per heavy atom. The lowest BCUT2D eigenvalue weighted by Crippen LogP contribution is -2.36. The van der Waals surface area contributed by atoms with Crippen LogP contribution in [0.3, 0.4) is 0 Å². The van der Waals surface area contributed by atoms with Crippen LogP contribution in [0.15, 0.2) is 42.9 Å². The number of rotatable bonds is 4. The number of pyridine rings is 2. The summed E-state index contributed by atoms with van der Waals surface area (Å²) in [5.41, 5.74) is 1.82. The van der Waals surface area contributed by atoms with Gasteiger partial charge in [-0.05, 0) is 37.2 Å². The number of imidazole rings is 1. The van der Waals surface area contributed by atoms with Crippen molar-refractivity contribution in [3.63, 3.8) is 0 Å². The van der Waals surface area contributed by atoms with Gasteiger partial charge in [0.15, 0.2) is 5.82 Å². The lowest BCUT2D eigenvalue weighted by atomic mass is 10.2. The third kappa shape index (κ3) is 3.34. The summed E-state index contributed by atoms with van der Waals surface area (Å²) in [7, 11) is 0. The molecule has 26 heavy (non-hydrogen) atoms. The molecule has 1 saturated heterocycles. The van der Waals surface area contributed by atoms with Crippen LogP contribution in [0.25, 0.3) is 5.65 Å². The summed E-state index contributed by atoms with van der Waals surface area (Å²) < 4.78 is 1.77. The number of anilines is 2. The van der Waals surface area contributed by atoms with Crippen molar-refractivity contribution >= 4 is 23.2 Å². The molecule has 3 aromatic heterocycles. The fourth-order valence-electron chi connectivity index (χ4n) is 2.94. The molecule has 1 fully saturated rings. The molecule has 1 unspecified atom stereocenters. The molecular formula is C18H17N7O. The molecular weight excluding hydrogens is 330 g/mol. The number of aromatic nitrogens is 3. The molecule has 8 nitrogen and oxygen atoms in total. The van der Waals surface area contributed by atoms with Gasteiger partial charge < -0.3 is 20.4 Å². The highest BCUT2D eigenvalue weighted by Gasteiger charge is 2.17. The molecule has 1 aliphatic heterocycles. The first-order valence-electron chi connectivity index (χ1n) is 8.35. The van der Waals surface area contributed by atoms with Crippen LogP contribution in [0.5, 0.6) is 0 Å². The number of hydrogen-bond donors (Lipinski definition) is 3.